The van der Waals surface area contributed by atoms with Crippen LogP contribution in [0.4, 0.5) is 0 Å². The Morgan fingerprint density at radius 3 is 2.76 bits per heavy atom. The topological polar surface area (TPSA) is 58.2 Å². The van der Waals surface area contributed by atoms with Crippen molar-refractivity contribution in [2.75, 3.05) is 13.1 Å². The van der Waals surface area contributed by atoms with Crippen molar-refractivity contribution in [3.05, 3.63) is 27.7 Å². The minimum Gasteiger partial charge on any atom is -0.316 e. The van der Waals surface area contributed by atoms with E-state index in [4.69, 9.17) is 11.6 Å². The standard InChI is InChI=1S/C13H18BrClN2O2S.ClH/c1-9(10-4-3-7-16-8-10)17-20(18,19)13-11(14)5-2-6-12(13)15;/h2,5-6,9-10,16-17H,3-4,7-8H2,1H3;1H. The molecule has 1 aliphatic heterocycles. The fourth-order valence-electron chi connectivity index (χ4n) is 2.44. The molecule has 0 spiro atoms. The van der Waals surface area contributed by atoms with E-state index in [-0.39, 0.29) is 28.4 Å². The highest BCUT2D eigenvalue weighted by atomic mass is 79.9. The van der Waals surface area contributed by atoms with Crippen LogP contribution in [0.15, 0.2) is 27.6 Å². The van der Waals surface area contributed by atoms with Crippen LogP contribution in [-0.2, 0) is 10.0 Å². The summed E-state index contributed by atoms with van der Waals surface area (Å²) in [5.74, 6) is 0.305. The number of sulfonamides is 1. The van der Waals surface area contributed by atoms with Gasteiger partial charge in [0.15, 0.2) is 0 Å². The third-order valence-electron chi connectivity index (χ3n) is 3.57. The number of benzene rings is 1. The summed E-state index contributed by atoms with van der Waals surface area (Å²) in [7, 11) is -3.63. The van der Waals surface area contributed by atoms with Crippen LogP contribution in [0.5, 0.6) is 0 Å². The highest BCUT2D eigenvalue weighted by Gasteiger charge is 2.27. The van der Waals surface area contributed by atoms with Crippen molar-refractivity contribution >= 4 is 50.0 Å². The molecule has 1 aliphatic rings. The van der Waals surface area contributed by atoms with Crippen molar-refractivity contribution in [1.82, 2.24) is 10.0 Å². The molecular weight excluding hydrogens is 399 g/mol. The molecule has 21 heavy (non-hydrogen) atoms. The molecule has 1 fully saturated rings. The second-order valence-corrected chi connectivity index (χ2v) is 7.98. The predicted molar refractivity (Wildman–Crippen MR) is 91.8 cm³/mol. The number of hydrogen-bond donors (Lipinski definition) is 2. The molecule has 1 heterocycles. The zero-order chi connectivity index (χ0) is 14.8. The maximum Gasteiger partial charge on any atom is 0.243 e. The highest BCUT2D eigenvalue weighted by Crippen LogP contribution is 2.29. The average Bonchev–Trinajstić information content (AvgIpc) is 2.38. The number of halogens is 3. The van der Waals surface area contributed by atoms with Crippen LogP contribution in [0.3, 0.4) is 0 Å². The van der Waals surface area contributed by atoms with Gasteiger partial charge in [-0.3, -0.25) is 0 Å². The van der Waals surface area contributed by atoms with Crippen LogP contribution in [0, 0.1) is 5.92 Å². The zero-order valence-electron chi connectivity index (χ0n) is 11.6. The first-order chi connectivity index (χ1) is 9.42. The molecule has 0 saturated carbocycles. The van der Waals surface area contributed by atoms with Gasteiger partial charge < -0.3 is 5.32 Å². The van der Waals surface area contributed by atoms with E-state index in [0.717, 1.165) is 25.9 Å². The third-order valence-corrected chi connectivity index (χ3v) is 6.58. The largest absolute Gasteiger partial charge is 0.316 e. The molecule has 8 heteroatoms. The number of hydrogen-bond acceptors (Lipinski definition) is 3. The summed E-state index contributed by atoms with van der Waals surface area (Å²) in [6.07, 6.45) is 2.10. The Hall–Kier alpha value is 0.150. The summed E-state index contributed by atoms with van der Waals surface area (Å²) in [5.41, 5.74) is 0. The minimum absolute atomic E-state index is 0. The molecule has 4 nitrogen and oxygen atoms in total. The van der Waals surface area contributed by atoms with Gasteiger partial charge in [0.25, 0.3) is 0 Å². The molecule has 2 rings (SSSR count). The molecular formula is C13H19BrCl2N2O2S. The molecule has 0 bridgehead atoms. The first-order valence-electron chi connectivity index (χ1n) is 6.59. The molecule has 0 amide bonds. The summed E-state index contributed by atoms with van der Waals surface area (Å²) in [6, 6.07) is 4.83. The van der Waals surface area contributed by atoms with Crippen LogP contribution in [0.25, 0.3) is 0 Å². The number of nitrogens with one attached hydrogen (secondary N) is 2. The first-order valence-corrected chi connectivity index (χ1v) is 9.24. The lowest BCUT2D eigenvalue weighted by molar-refractivity contribution is 0.320. The van der Waals surface area contributed by atoms with E-state index < -0.39 is 10.0 Å². The maximum absolute atomic E-state index is 12.5. The van der Waals surface area contributed by atoms with Gasteiger partial charge in [0, 0.05) is 10.5 Å². The van der Waals surface area contributed by atoms with Gasteiger partial charge in [0.05, 0.1) is 5.02 Å². The number of piperidine rings is 1. The smallest absolute Gasteiger partial charge is 0.243 e. The lowest BCUT2D eigenvalue weighted by Gasteiger charge is -2.29. The molecule has 2 atom stereocenters. The van der Waals surface area contributed by atoms with E-state index in [9.17, 15) is 8.42 Å². The van der Waals surface area contributed by atoms with E-state index >= 15 is 0 Å². The van der Waals surface area contributed by atoms with E-state index in [2.05, 4.69) is 26.0 Å². The van der Waals surface area contributed by atoms with Crippen LogP contribution in [0.2, 0.25) is 5.02 Å². The minimum atomic E-state index is -3.63. The van der Waals surface area contributed by atoms with E-state index in [0.29, 0.717) is 10.4 Å². The Balaban J connectivity index is 0.00000220. The van der Waals surface area contributed by atoms with E-state index in [1.165, 1.54) is 0 Å². The third kappa shape index (κ3) is 4.81. The molecule has 2 N–H and O–H groups in total. The van der Waals surface area contributed by atoms with Crippen LogP contribution in [-0.4, -0.2) is 27.5 Å². The van der Waals surface area contributed by atoms with Crippen molar-refractivity contribution in [3.8, 4) is 0 Å². The normalized spacial score (nSPS) is 20.6. The molecule has 2 unspecified atom stereocenters. The van der Waals surface area contributed by atoms with Gasteiger partial charge in [-0.25, -0.2) is 13.1 Å². The second kappa shape index (κ2) is 8.13. The van der Waals surface area contributed by atoms with Crippen molar-refractivity contribution in [2.45, 2.75) is 30.7 Å². The van der Waals surface area contributed by atoms with E-state index in [1.807, 2.05) is 6.92 Å². The SMILES string of the molecule is CC(NS(=O)(=O)c1c(Cl)cccc1Br)C1CCCNC1.Cl. The Morgan fingerprint density at radius 2 is 2.19 bits per heavy atom. The van der Waals surface area contributed by atoms with Crippen molar-refractivity contribution in [1.29, 1.82) is 0 Å². The summed E-state index contributed by atoms with van der Waals surface area (Å²) in [6.45, 7) is 3.75. The van der Waals surface area contributed by atoms with Crippen molar-refractivity contribution in [3.63, 3.8) is 0 Å². The van der Waals surface area contributed by atoms with Gasteiger partial charge in [-0.05, 0) is 66.8 Å². The fraction of sp³-hybridized carbons (Fsp3) is 0.538. The lowest BCUT2D eigenvalue weighted by Crippen LogP contribution is -2.44. The van der Waals surface area contributed by atoms with Gasteiger partial charge in [-0.15, -0.1) is 12.4 Å². The molecule has 1 aromatic rings. The fourth-order valence-corrected chi connectivity index (χ4v) is 5.49. The monoisotopic (exact) mass is 416 g/mol. The molecule has 1 saturated heterocycles. The average molecular weight is 418 g/mol. The summed E-state index contributed by atoms with van der Waals surface area (Å²) in [4.78, 5) is 0.109. The van der Waals surface area contributed by atoms with Crippen LogP contribution >= 0.6 is 39.9 Å². The zero-order valence-corrected chi connectivity index (χ0v) is 15.6. The lowest BCUT2D eigenvalue weighted by atomic mass is 9.94. The summed E-state index contributed by atoms with van der Waals surface area (Å²) >= 11 is 9.27. The van der Waals surface area contributed by atoms with Gasteiger partial charge >= 0.3 is 0 Å². The first kappa shape index (κ1) is 19.2. The molecule has 1 aromatic carbocycles. The van der Waals surface area contributed by atoms with Gasteiger partial charge in [-0.2, -0.15) is 0 Å². The van der Waals surface area contributed by atoms with Crippen LogP contribution in [0.1, 0.15) is 19.8 Å². The highest BCUT2D eigenvalue weighted by molar-refractivity contribution is 9.10. The summed E-state index contributed by atoms with van der Waals surface area (Å²) < 4.78 is 28.2. The molecule has 0 aromatic heterocycles. The van der Waals surface area contributed by atoms with Crippen molar-refractivity contribution in [2.24, 2.45) is 5.92 Å². The Kier molecular flexibility index (Phi) is 7.43. The maximum atomic E-state index is 12.5. The van der Waals surface area contributed by atoms with Gasteiger partial charge in [-0.1, -0.05) is 17.7 Å². The van der Waals surface area contributed by atoms with Gasteiger partial charge in [0.1, 0.15) is 4.90 Å². The Bertz CT molecular complexity index is 557. The Morgan fingerprint density at radius 1 is 1.48 bits per heavy atom. The van der Waals surface area contributed by atoms with Crippen LogP contribution < -0.4 is 10.0 Å². The number of rotatable bonds is 4. The Labute approximate surface area is 145 Å². The van der Waals surface area contributed by atoms with Gasteiger partial charge in [0.2, 0.25) is 10.0 Å². The summed E-state index contributed by atoms with van der Waals surface area (Å²) in [5, 5.41) is 3.52. The molecule has 0 radical (unpaired) electrons. The second-order valence-electron chi connectivity index (χ2n) is 5.07. The predicted octanol–water partition coefficient (Wildman–Crippen LogP) is 3.19. The van der Waals surface area contributed by atoms with E-state index in [1.54, 1.807) is 18.2 Å². The molecule has 0 aliphatic carbocycles. The molecule has 120 valence electrons. The van der Waals surface area contributed by atoms with Crippen molar-refractivity contribution < 1.29 is 8.42 Å². The quantitative estimate of drug-likeness (QED) is 0.790.